The highest BCUT2D eigenvalue weighted by atomic mass is 32.1. The van der Waals surface area contributed by atoms with E-state index in [0.717, 1.165) is 57.4 Å². The Kier molecular flexibility index (Phi) is 13.0. The van der Waals surface area contributed by atoms with E-state index in [4.69, 9.17) is 12.2 Å². The van der Waals surface area contributed by atoms with Crippen LogP contribution in [0.3, 0.4) is 0 Å². The van der Waals surface area contributed by atoms with Crippen LogP contribution in [-0.4, -0.2) is 70.1 Å². The maximum absolute atomic E-state index is 13.8. The molecule has 1 aromatic rings. The van der Waals surface area contributed by atoms with Crippen molar-refractivity contribution in [3.63, 3.8) is 0 Å². The molecule has 5 nitrogen and oxygen atoms in total. The summed E-state index contributed by atoms with van der Waals surface area (Å²) in [6, 6.07) is 9.85. The van der Waals surface area contributed by atoms with Gasteiger partial charge in [-0.15, -0.1) is 0 Å². The minimum absolute atomic E-state index is 0.120. The molecule has 1 heterocycles. The predicted molar refractivity (Wildman–Crippen MR) is 143 cm³/mol. The summed E-state index contributed by atoms with van der Waals surface area (Å²) >= 11 is 5.98. The Morgan fingerprint density at radius 3 is 1.67 bits per heavy atom. The summed E-state index contributed by atoms with van der Waals surface area (Å²) in [7, 11) is 0. The monoisotopic (exact) mass is 474 g/mol. The molecular formula is C27H46N4OS. The summed E-state index contributed by atoms with van der Waals surface area (Å²) in [5.41, 5.74) is 1.03. The fourth-order valence-corrected chi connectivity index (χ4v) is 4.63. The molecule has 186 valence electrons. The van der Waals surface area contributed by atoms with Gasteiger partial charge in [0.2, 0.25) is 0 Å². The number of hydrogen-bond donors (Lipinski definition) is 0. The summed E-state index contributed by atoms with van der Waals surface area (Å²) in [6.07, 6.45) is 9.28. The summed E-state index contributed by atoms with van der Waals surface area (Å²) < 4.78 is 0. The van der Waals surface area contributed by atoms with Crippen LogP contribution in [0.15, 0.2) is 30.3 Å². The second kappa shape index (κ2) is 15.4. The molecule has 0 spiro atoms. The van der Waals surface area contributed by atoms with Gasteiger partial charge in [-0.3, -0.25) is 19.5 Å². The Morgan fingerprint density at radius 2 is 1.21 bits per heavy atom. The van der Waals surface area contributed by atoms with Gasteiger partial charge in [-0.1, -0.05) is 83.7 Å². The van der Waals surface area contributed by atoms with Crippen LogP contribution in [0.4, 0.5) is 0 Å². The average molecular weight is 475 g/mol. The van der Waals surface area contributed by atoms with Crippen molar-refractivity contribution in [2.75, 3.05) is 39.5 Å². The van der Waals surface area contributed by atoms with Gasteiger partial charge < -0.3 is 4.90 Å². The van der Waals surface area contributed by atoms with Gasteiger partial charge in [-0.25, -0.2) is 0 Å². The molecule has 1 saturated heterocycles. The van der Waals surface area contributed by atoms with E-state index in [1.807, 2.05) is 23.1 Å². The Hall–Kier alpha value is -1.50. The van der Waals surface area contributed by atoms with Crippen molar-refractivity contribution in [3.05, 3.63) is 35.9 Å². The third kappa shape index (κ3) is 8.34. The SMILES string of the molecule is CCCCN(CCCC)CN1C(=O)C(c2ccccc2)N(CN(CCCC)CCCC)C1=S. The van der Waals surface area contributed by atoms with E-state index in [1.54, 1.807) is 0 Å². The number of carbonyl (C=O) groups is 1. The first-order chi connectivity index (χ1) is 16.1. The lowest BCUT2D eigenvalue weighted by Gasteiger charge is -2.32. The van der Waals surface area contributed by atoms with Crippen molar-refractivity contribution in [1.29, 1.82) is 0 Å². The zero-order valence-corrected chi connectivity index (χ0v) is 22.3. The molecule has 0 aliphatic carbocycles. The van der Waals surface area contributed by atoms with Crippen LogP contribution >= 0.6 is 12.2 Å². The second-order valence-electron chi connectivity index (χ2n) is 9.26. The molecule has 1 aliphatic rings. The third-order valence-corrected chi connectivity index (χ3v) is 6.86. The molecular weight excluding hydrogens is 428 g/mol. The number of nitrogens with zero attached hydrogens (tertiary/aromatic N) is 4. The lowest BCUT2D eigenvalue weighted by Crippen LogP contribution is -2.45. The van der Waals surface area contributed by atoms with Crippen LogP contribution in [0, 0.1) is 0 Å². The van der Waals surface area contributed by atoms with E-state index >= 15 is 0 Å². The maximum Gasteiger partial charge on any atom is 0.257 e. The van der Waals surface area contributed by atoms with Crippen LogP contribution in [0.5, 0.6) is 0 Å². The molecule has 0 bridgehead atoms. The zero-order chi connectivity index (χ0) is 24.1. The quantitative estimate of drug-likeness (QED) is 0.263. The van der Waals surface area contributed by atoms with Gasteiger partial charge in [0, 0.05) is 0 Å². The molecule has 33 heavy (non-hydrogen) atoms. The van der Waals surface area contributed by atoms with Gasteiger partial charge in [0.25, 0.3) is 5.91 Å². The zero-order valence-electron chi connectivity index (χ0n) is 21.5. The highest BCUT2D eigenvalue weighted by molar-refractivity contribution is 7.80. The van der Waals surface area contributed by atoms with E-state index in [1.165, 1.54) is 25.7 Å². The summed E-state index contributed by atoms with van der Waals surface area (Å²) in [4.78, 5) is 22.7. The molecule has 0 radical (unpaired) electrons. The topological polar surface area (TPSA) is 30.0 Å². The van der Waals surface area contributed by atoms with Gasteiger partial charge in [-0.2, -0.15) is 0 Å². The van der Waals surface area contributed by atoms with Crippen LogP contribution in [-0.2, 0) is 4.79 Å². The van der Waals surface area contributed by atoms with E-state index in [0.29, 0.717) is 18.4 Å². The van der Waals surface area contributed by atoms with Gasteiger partial charge >= 0.3 is 0 Å². The van der Waals surface area contributed by atoms with Gasteiger partial charge in [0.1, 0.15) is 6.04 Å². The first kappa shape index (κ1) is 27.7. The molecule has 0 saturated carbocycles. The first-order valence-electron chi connectivity index (χ1n) is 13.2. The number of amides is 1. The van der Waals surface area contributed by atoms with Crippen molar-refractivity contribution in [2.45, 2.75) is 85.1 Å². The Bertz CT molecular complexity index is 683. The average Bonchev–Trinajstić information content (AvgIpc) is 3.06. The Balaban J connectivity index is 2.27. The van der Waals surface area contributed by atoms with E-state index in [-0.39, 0.29) is 11.9 Å². The third-order valence-electron chi connectivity index (χ3n) is 6.41. The lowest BCUT2D eigenvalue weighted by atomic mass is 10.1. The molecule has 0 aromatic heterocycles. The number of benzene rings is 1. The highest BCUT2D eigenvalue weighted by Gasteiger charge is 2.44. The molecule has 1 aliphatic heterocycles. The first-order valence-corrected chi connectivity index (χ1v) is 13.6. The molecule has 6 heteroatoms. The number of hydrogen-bond acceptors (Lipinski definition) is 4. The van der Waals surface area contributed by atoms with E-state index in [2.05, 4.69) is 54.5 Å². The number of unbranched alkanes of at least 4 members (excludes halogenated alkanes) is 4. The normalized spacial score (nSPS) is 16.6. The lowest BCUT2D eigenvalue weighted by molar-refractivity contribution is -0.129. The number of carbonyl (C=O) groups excluding carboxylic acids is 1. The maximum atomic E-state index is 13.8. The van der Waals surface area contributed by atoms with Crippen molar-refractivity contribution < 1.29 is 4.79 Å². The molecule has 1 aromatic carbocycles. The Morgan fingerprint density at radius 1 is 0.758 bits per heavy atom. The fraction of sp³-hybridized carbons (Fsp3) is 0.704. The second-order valence-corrected chi connectivity index (χ2v) is 9.63. The van der Waals surface area contributed by atoms with Crippen molar-refractivity contribution in [1.82, 2.24) is 19.6 Å². The standard InChI is InChI=1S/C27H46N4OS/c1-5-9-18-28(19-10-6-2)22-30-25(24-16-14-13-15-17-24)26(32)31(27(30)33)23-29(20-11-7-3)21-12-8-4/h13-17,25H,5-12,18-23H2,1-4H3. The summed E-state index contributed by atoms with van der Waals surface area (Å²) in [5, 5.41) is 0.685. The Labute approximate surface area is 208 Å². The van der Waals surface area contributed by atoms with Crippen molar-refractivity contribution in [3.8, 4) is 0 Å². The van der Waals surface area contributed by atoms with Gasteiger partial charge in [0.15, 0.2) is 5.11 Å². The molecule has 0 N–H and O–H groups in total. The molecule has 1 atom stereocenters. The van der Waals surface area contributed by atoms with Crippen molar-refractivity contribution >= 4 is 23.2 Å². The summed E-state index contributed by atoms with van der Waals surface area (Å²) in [6.45, 7) is 14.3. The molecule has 2 rings (SSSR count). The van der Waals surface area contributed by atoms with E-state index in [9.17, 15) is 4.79 Å². The minimum atomic E-state index is -0.330. The predicted octanol–water partition coefficient (Wildman–Crippen LogP) is 5.88. The van der Waals surface area contributed by atoms with Crippen LogP contribution in [0.25, 0.3) is 0 Å². The number of thiocarbonyl (C=S) groups is 1. The minimum Gasteiger partial charge on any atom is -0.320 e. The van der Waals surface area contributed by atoms with Gasteiger partial charge in [-0.05, 0) is 69.6 Å². The highest BCUT2D eigenvalue weighted by Crippen LogP contribution is 2.31. The van der Waals surface area contributed by atoms with Gasteiger partial charge in [0.05, 0.1) is 13.3 Å². The fourth-order valence-electron chi connectivity index (χ4n) is 4.32. The van der Waals surface area contributed by atoms with Crippen LogP contribution in [0.2, 0.25) is 0 Å². The molecule has 1 amide bonds. The number of rotatable bonds is 17. The van der Waals surface area contributed by atoms with E-state index < -0.39 is 0 Å². The largest absolute Gasteiger partial charge is 0.320 e. The molecule has 1 fully saturated rings. The van der Waals surface area contributed by atoms with Crippen LogP contribution < -0.4 is 0 Å². The van der Waals surface area contributed by atoms with Crippen LogP contribution in [0.1, 0.15) is 90.7 Å². The smallest absolute Gasteiger partial charge is 0.257 e. The molecule has 1 unspecified atom stereocenters. The summed E-state index contributed by atoms with van der Waals surface area (Å²) in [5.74, 6) is 0.120. The van der Waals surface area contributed by atoms with Crippen molar-refractivity contribution in [2.24, 2.45) is 0 Å².